The lowest BCUT2D eigenvalue weighted by Crippen LogP contribution is -1.67. The van der Waals surface area contributed by atoms with Gasteiger partial charge in [0.05, 0.1) is 0 Å². The van der Waals surface area contributed by atoms with Crippen LogP contribution in [0.15, 0.2) is 59.3 Å². The Balaban J connectivity index is 2.00. The number of rotatable bonds is 2. The molecular weight excluding hydrogens is 232 g/mol. The van der Waals surface area contributed by atoms with Gasteiger partial charge in [0.25, 0.3) is 0 Å². The van der Waals surface area contributed by atoms with E-state index in [9.17, 15) is 0 Å². The summed E-state index contributed by atoms with van der Waals surface area (Å²) >= 11 is 3.60. The van der Waals surface area contributed by atoms with Crippen molar-refractivity contribution in [3.05, 3.63) is 59.3 Å². The van der Waals surface area contributed by atoms with E-state index in [4.69, 9.17) is 0 Å². The molecule has 2 aromatic heterocycles. The Morgan fingerprint density at radius 1 is 0.688 bits per heavy atom. The highest BCUT2D eigenvalue weighted by Gasteiger charge is 2.04. The molecule has 0 N–H and O–H groups in total. The van der Waals surface area contributed by atoms with Gasteiger partial charge in [-0.1, -0.05) is 30.3 Å². The molecule has 2 heteroatoms. The topological polar surface area (TPSA) is 0 Å². The molecule has 3 aromatic rings. The van der Waals surface area contributed by atoms with Crippen LogP contribution in [0.4, 0.5) is 0 Å². The Morgan fingerprint density at radius 3 is 2.12 bits per heavy atom. The Bertz CT molecular complexity index is 562. The van der Waals surface area contributed by atoms with Gasteiger partial charge in [0.15, 0.2) is 0 Å². The quantitative estimate of drug-likeness (QED) is 0.583. The first-order valence-electron chi connectivity index (χ1n) is 5.11. The fourth-order valence-corrected chi connectivity index (χ4v) is 3.39. The van der Waals surface area contributed by atoms with Gasteiger partial charge < -0.3 is 0 Å². The van der Waals surface area contributed by atoms with Gasteiger partial charge in [0.1, 0.15) is 0 Å². The minimum absolute atomic E-state index is 1.30. The fraction of sp³-hybridized carbons (Fsp3) is 0. The number of hydrogen-bond acceptors (Lipinski definition) is 2. The summed E-state index contributed by atoms with van der Waals surface area (Å²) in [7, 11) is 0. The largest absolute Gasteiger partial charge is 0.152 e. The summed E-state index contributed by atoms with van der Waals surface area (Å²) in [5.74, 6) is 0. The molecule has 3 rings (SSSR count). The van der Waals surface area contributed by atoms with E-state index in [1.165, 1.54) is 20.9 Å². The van der Waals surface area contributed by atoms with E-state index in [0.29, 0.717) is 0 Å². The second-order valence-corrected chi connectivity index (χ2v) is 5.41. The molecule has 0 aliphatic rings. The predicted octanol–water partition coefficient (Wildman–Crippen LogP) is 5.14. The van der Waals surface area contributed by atoms with Crippen molar-refractivity contribution < 1.29 is 0 Å². The van der Waals surface area contributed by atoms with Crippen LogP contribution in [0.5, 0.6) is 0 Å². The highest BCUT2D eigenvalue weighted by atomic mass is 32.1. The van der Waals surface area contributed by atoms with Crippen LogP contribution < -0.4 is 0 Å². The number of thiophene rings is 2. The molecule has 0 spiro atoms. The zero-order valence-corrected chi connectivity index (χ0v) is 10.2. The molecule has 0 fully saturated rings. The maximum atomic E-state index is 2.20. The molecule has 0 saturated heterocycles. The molecule has 0 radical (unpaired) electrons. The SMILES string of the molecule is c1ccc(-c2ccc(-c3ccsc3)s2)cc1. The highest BCUT2D eigenvalue weighted by molar-refractivity contribution is 7.19. The highest BCUT2D eigenvalue weighted by Crippen LogP contribution is 2.34. The Hall–Kier alpha value is -1.38. The molecule has 0 atom stereocenters. The second kappa shape index (κ2) is 4.24. The van der Waals surface area contributed by atoms with E-state index < -0.39 is 0 Å². The fourth-order valence-electron chi connectivity index (χ4n) is 1.66. The van der Waals surface area contributed by atoms with Gasteiger partial charge in [0, 0.05) is 15.3 Å². The first kappa shape index (κ1) is 9.82. The van der Waals surface area contributed by atoms with Gasteiger partial charge in [-0.3, -0.25) is 0 Å². The van der Waals surface area contributed by atoms with Crippen molar-refractivity contribution in [2.75, 3.05) is 0 Å². The molecule has 0 aliphatic carbocycles. The average Bonchev–Trinajstić information content (AvgIpc) is 3.01. The maximum Gasteiger partial charge on any atom is 0.0357 e. The van der Waals surface area contributed by atoms with Crippen molar-refractivity contribution in [3.63, 3.8) is 0 Å². The smallest absolute Gasteiger partial charge is 0.0357 e. The van der Waals surface area contributed by atoms with Crippen LogP contribution in [0.1, 0.15) is 0 Å². The van der Waals surface area contributed by atoms with Crippen LogP contribution in [0.3, 0.4) is 0 Å². The van der Waals surface area contributed by atoms with Gasteiger partial charge in [-0.2, -0.15) is 11.3 Å². The van der Waals surface area contributed by atoms with Crippen LogP contribution in [0, 0.1) is 0 Å². The minimum Gasteiger partial charge on any atom is -0.152 e. The summed E-state index contributed by atoms with van der Waals surface area (Å²) in [4.78, 5) is 2.68. The van der Waals surface area contributed by atoms with Crippen molar-refractivity contribution in [1.82, 2.24) is 0 Å². The van der Waals surface area contributed by atoms with E-state index in [2.05, 4.69) is 59.3 Å². The van der Waals surface area contributed by atoms with Crippen molar-refractivity contribution in [2.45, 2.75) is 0 Å². The second-order valence-electron chi connectivity index (χ2n) is 3.54. The van der Waals surface area contributed by atoms with Gasteiger partial charge >= 0.3 is 0 Å². The molecule has 0 amide bonds. The average molecular weight is 242 g/mol. The summed E-state index contributed by atoms with van der Waals surface area (Å²) in [6, 6.07) is 17.1. The predicted molar refractivity (Wildman–Crippen MR) is 73.1 cm³/mol. The molecule has 2 heterocycles. The first-order valence-corrected chi connectivity index (χ1v) is 6.87. The number of benzene rings is 1. The summed E-state index contributed by atoms with van der Waals surface area (Å²) in [5.41, 5.74) is 2.63. The lowest BCUT2D eigenvalue weighted by atomic mass is 10.2. The van der Waals surface area contributed by atoms with Crippen LogP contribution >= 0.6 is 22.7 Å². The third-order valence-corrected chi connectivity index (χ3v) is 4.34. The van der Waals surface area contributed by atoms with Crippen LogP contribution in [0.25, 0.3) is 20.9 Å². The van der Waals surface area contributed by atoms with Gasteiger partial charge in [0.2, 0.25) is 0 Å². The molecule has 16 heavy (non-hydrogen) atoms. The van der Waals surface area contributed by atoms with Gasteiger partial charge in [-0.05, 0) is 34.5 Å². The molecule has 0 bridgehead atoms. The van der Waals surface area contributed by atoms with Crippen molar-refractivity contribution >= 4 is 22.7 Å². The number of hydrogen-bond donors (Lipinski definition) is 0. The first-order chi connectivity index (χ1) is 7.93. The van der Waals surface area contributed by atoms with E-state index in [1.807, 2.05) is 11.3 Å². The van der Waals surface area contributed by atoms with Crippen molar-refractivity contribution in [3.8, 4) is 20.9 Å². The molecule has 78 valence electrons. The van der Waals surface area contributed by atoms with Gasteiger partial charge in [-0.15, -0.1) is 11.3 Å². The Labute approximate surface area is 103 Å². The zero-order valence-electron chi connectivity index (χ0n) is 8.59. The van der Waals surface area contributed by atoms with Crippen LogP contribution in [0.2, 0.25) is 0 Å². The van der Waals surface area contributed by atoms with E-state index in [-0.39, 0.29) is 0 Å². The van der Waals surface area contributed by atoms with Gasteiger partial charge in [-0.25, -0.2) is 0 Å². The molecule has 0 nitrogen and oxygen atoms in total. The monoisotopic (exact) mass is 242 g/mol. The summed E-state index contributed by atoms with van der Waals surface area (Å²) < 4.78 is 0. The van der Waals surface area contributed by atoms with Crippen LogP contribution in [-0.4, -0.2) is 0 Å². The molecule has 0 aliphatic heterocycles. The van der Waals surface area contributed by atoms with Crippen molar-refractivity contribution in [2.24, 2.45) is 0 Å². The normalized spacial score (nSPS) is 10.5. The van der Waals surface area contributed by atoms with E-state index in [0.717, 1.165) is 0 Å². The summed E-state index contributed by atoms with van der Waals surface area (Å²) in [6.45, 7) is 0. The van der Waals surface area contributed by atoms with E-state index >= 15 is 0 Å². The molecular formula is C14H10S2. The summed E-state index contributed by atoms with van der Waals surface area (Å²) in [6.07, 6.45) is 0. The van der Waals surface area contributed by atoms with Crippen molar-refractivity contribution in [1.29, 1.82) is 0 Å². The molecule has 1 aromatic carbocycles. The lowest BCUT2D eigenvalue weighted by Gasteiger charge is -1.94. The summed E-state index contributed by atoms with van der Waals surface area (Å²) in [5, 5.41) is 4.32. The third kappa shape index (κ3) is 1.82. The Kier molecular flexibility index (Phi) is 2.60. The Morgan fingerprint density at radius 2 is 1.44 bits per heavy atom. The molecule has 0 saturated carbocycles. The molecule has 0 unspecified atom stereocenters. The zero-order chi connectivity index (χ0) is 10.8. The van der Waals surface area contributed by atoms with Crippen LogP contribution in [-0.2, 0) is 0 Å². The van der Waals surface area contributed by atoms with E-state index in [1.54, 1.807) is 11.3 Å². The lowest BCUT2D eigenvalue weighted by molar-refractivity contribution is 1.70. The minimum atomic E-state index is 1.30. The maximum absolute atomic E-state index is 2.20. The standard InChI is InChI=1S/C14H10S2/c1-2-4-11(5-3-1)13-6-7-14(16-13)12-8-9-15-10-12/h1-10H. The third-order valence-electron chi connectivity index (χ3n) is 2.47.